The first kappa shape index (κ1) is 26.0. The van der Waals surface area contributed by atoms with Crippen LogP contribution in [0.15, 0.2) is 97.1 Å². The first-order valence-corrected chi connectivity index (χ1v) is 12.5. The monoisotopic (exact) mass is 523 g/mol. The Morgan fingerprint density at radius 3 is 2.00 bits per heavy atom. The highest BCUT2D eigenvalue weighted by atomic mass is 16.5. The van der Waals surface area contributed by atoms with Gasteiger partial charge in [-0.2, -0.15) is 5.48 Å². The largest absolute Gasteiger partial charge is 0.497 e. The van der Waals surface area contributed by atoms with Gasteiger partial charge in [0.2, 0.25) is 5.91 Å². The Kier molecular flexibility index (Phi) is 7.58. The number of nitrogens with one attached hydrogen (secondary N) is 2. The molecule has 0 aromatic heterocycles. The van der Waals surface area contributed by atoms with E-state index in [2.05, 4.69) is 10.8 Å². The molecule has 0 saturated heterocycles. The molecule has 0 fully saturated rings. The highest BCUT2D eigenvalue weighted by Crippen LogP contribution is 2.39. The Morgan fingerprint density at radius 2 is 1.46 bits per heavy atom. The molecule has 1 aliphatic heterocycles. The van der Waals surface area contributed by atoms with Gasteiger partial charge in [-0.1, -0.05) is 60.7 Å². The van der Waals surface area contributed by atoms with Crippen molar-refractivity contribution in [3.63, 3.8) is 0 Å². The Labute approximate surface area is 226 Å². The van der Waals surface area contributed by atoms with Gasteiger partial charge in [-0.05, 0) is 47.0 Å². The van der Waals surface area contributed by atoms with Gasteiger partial charge in [0.1, 0.15) is 17.5 Å². The van der Waals surface area contributed by atoms with Crippen molar-refractivity contribution >= 4 is 23.2 Å². The molecule has 0 saturated carbocycles. The molecule has 0 radical (unpaired) electrons. The summed E-state index contributed by atoms with van der Waals surface area (Å²) in [4.78, 5) is 28.4. The molecule has 4 aromatic rings. The van der Waals surface area contributed by atoms with Crippen LogP contribution in [-0.2, 0) is 16.1 Å². The van der Waals surface area contributed by atoms with Crippen molar-refractivity contribution in [1.29, 1.82) is 0 Å². The second-order valence-corrected chi connectivity index (χ2v) is 9.22. The van der Waals surface area contributed by atoms with Crippen LogP contribution in [0.25, 0.3) is 0 Å². The maximum atomic E-state index is 13.6. The van der Waals surface area contributed by atoms with Crippen LogP contribution in [0.5, 0.6) is 11.5 Å². The average molecular weight is 524 g/mol. The van der Waals surface area contributed by atoms with Crippen molar-refractivity contribution in [2.75, 3.05) is 24.4 Å². The minimum Gasteiger partial charge on any atom is -0.497 e. The number of fused-ring (bicyclic) bond motifs is 1. The number of carbonyl (C=O) groups is 2. The van der Waals surface area contributed by atoms with Gasteiger partial charge in [0.05, 0.1) is 26.7 Å². The summed E-state index contributed by atoms with van der Waals surface area (Å²) in [7, 11) is 3.13. The third-order valence-electron chi connectivity index (χ3n) is 6.82. The summed E-state index contributed by atoms with van der Waals surface area (Å²) in [5, 5.41) is 12.9. The van der Waals surface area contributed by atoms with E-state index in [9.17, 15) is 14.8 Å². The molecule has 1 unspecified atom stereocenters. The van der Waals surface area contributed by atoms with Crippen LogP contribution in [-0.4, -0.2) is 31.2 Å². The van der Waals surface area contributed by atoms with Crippen LogP contribution >= 0.6 is 0 Å². The molecule has 1 heterocycles. The molecule has 198 valence electrons. The van der Waals surface area contributed by atoms with Crippen LogP contribution in [0.2, 0.25) is 0 Å². The minimum atomic E-state index is -0.969. The number of methoxy groups -OCH3 is 2. The molecule has 0 spiro atoms. The lowest BCUT2D eigenvalue weighted by atomic mass is 9.90. The molecule has 0 bridgehead atoms. The molecule has 5 rings (SSSR count). The average Bonchev–Trinajstić information content (AvgIpc) is 3.23. The van der Waals surface area contributed by atoms with Gasteiger partial charge in [0.25, 0.3) is 5.91 Å². The fourth-order valence-electron chi connectivity index (χ4n) is 4.95. The minimum absolute atomic E-state index is 0.203. The molecule has 4 aromatic carbocycles. The fraction of sp³-hybridized carbons (Fsp3) is 0.161. The van der Waals surface area contributed by atoms with Crippen molar-refractivity contribution in [2.24, 2.45) is 0 Å². The van der Waals surface area contributed by atoms with E-state index < -0.39 is 12.0 Å². The van der Waals surface area contributed by atoms with Crippen LogP contribution < -0.4 is 25.2 Å². The first-order valence-electron chi connectivity index (χ1n) is 12.5. The zero-order valence-electron chi connectivity index (χ0n) is 21.6. The number of rotatable bonds is 9. The van der Waals surface area contributed by atoms with E-state index in [0.29, 0.717) is 28.4 Å². The topological polar surface area (TPSA) is 100 Å². The van der Waals surface area contributed by atoms with Crippen LogP contribution in [0.4, 0.5) is 11.4 Å². The summed E-state index contributed by atoms with van der Waals surface area (Å²) in [6.07, 6.45) is 0. The number of anilines is 2. The van der Waals surface area contributed by atoms with E-state index in [0.717, 1.165) is 16.7 Å². The van der Waals surface area contributed by atoms with Gasteiger partial charge in [-0.3, -0.25) is 9.59 Å². The Hall–Kier alpha value is -4.66. The van der Waals surface area contributed by atoms with Crippen LogP contribution in [0.1, 0.15) is 34.2 Å². The lowest BCUT2D eigenvalue weighted by molar-refractivity contribution is -0.122. The van der Waals surface area contributed by atoms with Gasteiger partial charge in [-0.15, -0.1) is 0 Å². The normalized spacial score (nSPS) is 14.3. The lowest BCUT2D eigenvalue weighted by Gasteiger charge is -2.20. The molecular weight excluding hydrogens is 494 g/mol. The zero-order valence-corrected chi connectivity index (χ0v) is 21.6. The summed E-state index contributed by atoms with van der Waals surface area (Å²) in [5.41, 5.74) is 6.39. The zero-order chi connectivity index (χ0) is 27.4. The molecule has 8 heteroatoms. The van der Waals surface area contributed by atoms with E-state index in [4.69, 9.17) is 9.47 Å². The molecule has 2 amide bonds. The smallest absolute Gasteiger partial charge is 0.251 e. The fourth-order valence-corrected chi connectivity index (χ4v) is 4.95. The SMILES string of the molecule is COc1cc(CN2C(=O)C(NO)c3cc(NC(=O)C(c4ccccc4)c4ccccc4)ccc32)cc(OC)c1. The maximum Gasteiger partial charge on any atom is 0.251 e. The molecule has 8 nitrogen and oxygen atoms in total. The van der Waals surface area contributed by atoms with Gasteiger partial charge < -0.3 is 24.9 Å². The van der Waals surface area contributed by atoms with Crippen molar-refractivity contribution in [3.8, 4) is 11.5 Å². The first-order chi connectivity index (χ1) is 19.0. The Bertz CT molecular complexity index is 1410. The number of hydrogen-bond donors (Lipinski definition) is 3. The summed E-state index contributed by atoms with van der Waals surface area (Å²) in [5.74, 6) is 0.179. The molecular formula is C31H29N3O5. The lowest BCUT2D eigenvalue weighted by Crippen LogP contribution is -2.33. The Balaban J connectivity index is 1.43. The second-order valence-electron chi connectivity index (χ2n) is 9.22. The highest BCUT2D eigenvalue weighted by molar-refractivity contribution is 6.05. The van der Waals surface area contributed by atoms with E-state index in [1.807, 2.05) is 72.8 Å². The van der Waals surface area contributed by atoms with E-state index in [-0.39, 0.29) is 18.4 Å². The van der Waals surface area contributed by atoms with Gasteiger partial charge in [0.15, 0.2) is 0 Å². The number of benzene rings is 4. The van der Waals surface area contributed by atoms with E-state index in [1.54, 1.807) is 43.4 Å². The van der Waals surface area contributed by atoms with E-state index in [1.165, 1.54) is 0 Å². The van der Waals surface area contributed by atoms with Crippen molar-refractivity contribution in [2.45, 2.75) is 18.5 Å². The number of hydroxylamine groups is 1. The number of hydrogen-bond acceptors (Lipinski definition) is 6. The van der Waals surface area contributed by atoms with Crippen LogP contribution in [0, 0.1) is 0 Å². The van der Waals surface area contributed by atoms with E-state index >= 15 is 0 Å². The number of amides is 2. The number of nitrogens with zero attached hydrogens (tertiary/aromatic N) is 1. The Morgan fingerprint density at radius 1 is 0.872 bits per heavy atom. The summed E-state index contributed by atoms with van der Waals surface area (Å²) in [6.45, 7) is 0.243. The van der Waals surface area contributed by atoms with Gasteiger partial charge >= 0.3 is 0 Å². The van der Waals surface area contributed by atoms with Crippen molar-refractivity contribution < 1.29 is 24.3 Å². The predicted molar refractivity (Wildman–Crippen MR) is 148 cm³/mol. The summed E-state index contributed by atoms with van der Waals surface area (Å²) < 4.78 is 10.7. The third kappa shape index (κ3) is 5.34. The standard InChI is InChI=1S/C31H29N3O5/c1-38-24-15-20(16-25(18-24)39-2)19-34-27-14-13-23(17-26(27)29(33-37)31(34)36)32-30(35)28(21-9-5-3-6-10-21)22-11-7-4-8-12-22/h3-18,28-29,33,37H,19H2,1-2H3,(H,32,35). The van der Waals surface area contributed by atoms with Crippen LogP contribution in [0.3, 0.4) is 0 Å². The molecule has 39 heavy (non-hydrogen) atoms. The number of ether oxygens (including phenoxy) is 2. The molecule has 1 atom stereocenters. The second kappa shape index (κ2) is 11.4. The maximum absolute atomic E-state index is 13.6. The predicted octanol–water partition coefficient (Wildman–Crippen LogP) is 5.04. The summed E-state index contributed by atoms with van der Waals surface area (Å²) >= 11 is 0. The quantitative estimate of drug-likeness (QED) is 0.266. The number of carbonyl (C=O) groups excluding carboxylic acids is 2. The van der Waals surface area contributed by atoms with Gasteiger partial charge in [0, 0.05) is 23.0 Å². The molecule has 0 aliphatic carbocycles. The molecule has 3 N–H and O–H groups in total. The van der Waals surface area contributed by atoms with Gasteiger partial charge in [-0.25, -0.2) is 0 Å². The highest BCUT2D eigenvalue weighted by Gasteiger charge is 2.37. The van der Waals surface area contributed by atoms with Crippen molar-refractivity contribution in [3.05, 3.63) is 119 Å². The molecule has 1 aliphatic rings. The van der Waals surface area contributed by atoms with Crippen molar-refractivity contribution in [1.82, 2.24) is 5.48 Å². The summed E-state index contributed by atoms with van der Waals surface area (Å²) in [6, 6.07) is 28.9. The third-order valence-corrected chi connectivity index (χ3v) is 6.82.